The topological polar surface area (TPSA) is 38.9 Å². The molecule has 0 saturated heterocycles. The summed E-state index contributed by atoms with van der Waals surface area (Å²) in [7, 11) is 1.52. The van der Waals surface area contributed by atoms with Gasteiger partial charge in [0, 0.05) is 6.20 Å². The first kappa shape index (κ1) is 8.74. The normalized spacial score (nSPS) is 11.3. The maximum absolute atomic E-state index is 4.65. The van der Waals surface area contributed by atoms with Crippen LogP contribution in [0.4, 0.5) is 0 Å². The average molecular weight is 189 g/mol. The molecule has 2 rings (SSSR count). The van der Waals surface area contributed by atoms with Gasteiger partial charge < -0.3 is 4.84 Å². The summed E-state index contributed by atoms with van der Waals surface area (Å²) in [5.41, 5.74) is 2.81. The van der Waals surface area contributed by atoms with E-state index in [9.17, 15) is 0 Å². The maximum Gasteiger partial charge on any atom is 0.137 e. The predicted molar refractivity (Wildman–Crippen MR) is 54.5 cm³/mol. The summed E-state index contributed by atoms with van der Waals surface area (Å²) in [6.45, 7) is 1.95. The van der Waals surface area contributed by atoms with Crippen LogP contribution in [-0.4, -0.2) is 22.7 Å². The van der Waals surface area contributed by atoms with Crippen molar-refractivity contribution < 1.29 is 4.84 Å². The number of fused-ring (bicyclic) bond motifs is 1. The molecule has 14 heavy (non-hydrogen) atoms. The lowest BCUT2D eigenvalue weighted by molar-refractivity contribution is 0.215. The third-order valence-corrected chi connectivity index (χ3v) is 2.03. The molecule has 0 aliphatic rings. The maximum atomic E-state index is 4.65. The Kier molecular flexibility index (Phi) is 2.18. The van der Waals surface area contributed by atoms with Crippen molar-refractivity contribution in [1.29, 1.82) is 0 Å². The smallest absolute Gasteiger partial charge is 0.137 e. The van der Waals surface area contributed by atoms with Crippen molar-refractivity contribution in [2.75, 3.05) is 7.11 Å². The minimum atomic E-state index is 0.919. The number of aromatic nitrogens is 2. The van der Waals surface area contributed by atoms with Crippen molar-refractivity contribution in [3.8, 4) is 0 Å². The van der Waals surface area contributed by atoms with Crippen LogP contribution in [0.1, 0.15) is 11.4 Å². The monoisotopic (exact) mass is 189 g/mol. The Hall–Kier alpha value is -1.84. The predicted octanol–water partition coefficient (Wildman–Crippen LogP) is 1.62. The zero-order chi connectivity index (χ0) is 9.97. The van der Waals surface area contributed by atoms with Gasteiger partial charge in [-0.1, -0.05) is 11.2 Å². The van der Waals surface area contributed by atoms with Gasteiger partial charge in [-0.2, -0.15) is 0 Å². The number of rotatable bonds is 2. The summed E-state index contributed by atoms with van der Waals surface area (Å²) in [5, 5.41) is 3.74. The number of aryl methyl sites for hydroxylation is 1. The van der Waals surface area contributed by atoms with Crippen LogP contribution >= 0.6 is 0 Å². The fourth-order valence-corrected chi connectivity index (χ4v) is 1.39. The van der Waals surface area contributed by atoms with E-state index in [1.54, 1.807) is 6.21 Å². The van der Waals surface area contributed by atoms with Gasteiger partial charge in [0.1, 0.15) is 12.8 Å². The average Bonchev–Trinajstić information content (AvgIpc) is 2.51. The summed E-state index contributed by atoms with van der Waals surface area (Å²) in [5.74, 6) is 0. The van der Waals surface area contributed by atoms with Gasteiger partial charge in [-0.15, -0.1) is 0 Å². The number of imidazole rings is 1. The SMILES string of the molecule is CON=Cc1c(C)nc2ccccn12. The number of pyridine rings is 1. The molecule has 0 amide bonds. The highest BCUT2D eigenvalue weighted by molar-refractivity contribution is 5.80. The molecule has 0 N–H and O–H groups in total. The molecule has 0 aliphatic heterocycles. The second kappa shape index (κ2) is 3.49. The Morgan fingerprint density at radius 2 is 2.36 bits per heavy atom. The van der Waals surface area contributed by atoms with E-state index in [0.29, 0.717) is 0 Å². The van der Waals surface area contributed by atoms with Crippen LogP contribution < -0.4 is 0 Å². The van der Waals surface area contributed by atoms with Crippen LogP contribution in [0.15, 0.2) is 29.6 Å². The van der Waals surface area contributed by atoms with Crippen molar-refractivity contribution in [2.45, 2.75) is 6.92 Å². The van der Waals surface area contributed by atoms with Crippen LogP contribution in [0.25, 0.3) is 5.65 Å². The molecule has 2 aromatic rings. The van der Waals surface area contributed by atoms with E-state index in [4.69, 9.17) is 0 Å². The second-order valence-corrected chi connectivity index (χ2v) is 2.93. The van der Waals surface area contributed by atoms with Crippen molar-refractivity contribution >= 4 is 11.9 Å². The molecule has 0 saturated carbocycles. The Morgan fingerprint density at radius 1 is 1.50 bits per heavy atom. The fraction of sp³-hybridized carbons (Fsp3) is 0.200. The second-order valence-electron chi connectivity index (χ2n) is 2.93. The molecule has 0 bridgehead atoms. The quantitative estimate of drug-likeness (QED) is 0.532. The molecule has 0 radical (unpaired) electrons. The number of hydrogen-bond donors (Lipinski definition) is 0. The van der Waals surface area contributed by atoms with E-state index < -0.39 is 0 Å². The molecule has 0 spiro atoms. The Bertz CT molecular complexity index is 473. The van der Waals surface area contributed by atoms with Crippen molar-refractivity contribution in [3.63, 3.8) is 0 Å². The van der Waals surface area contributed by atoms with Gasteiger partial charge in [-0.3, -0.25) is 4.40 Å². The minimum absolute atomic E-state index is 0.919. The summed E-state index contributed by atoms with van der Waals surface area (Å²) in [4.78, 5) is 9.03. The van der Waals surface area contributed by atoms with Gasteiger partial charge in [0.15, 0.2) is 0 Å². The molecule has 0 aliphatic carbocycles. The van der Waals surface area contributed by atoms with Gasteiger partial charge in [0.2, 0.25) is 0 Å². The van der Waals surface area contributed by atoms with E-state index in [2.05, 4.69) is 15.0 Å². The van der Waals surface area contributed by atoms with Gasteiger partial charge in [0.05, 0.1) is 17.6 Å². The molecule has 4 nitrogen and oxygen atoms in total. The van der Waals surface area contributed by atoms with Crippen LogP contribution in [0.3, 0.4) is 0 Å². The highest BCUT2D eigenvalue weighted by atomic mass is 16.6. The Morgan fingerprint density at radius 3 is 3.14 bits per heavy atom. The summed E-state index contributed by atoms with van der Waals surface area (Å²) < 4.78 is 1.97. The molecule has 0 atom stereocenters. The summed E-state index contributed by atoms with van der Waals surface area (Å²) in [6, 6.07) is 5.87. The molecular formula is C10H11N3O. The number of oxime groups is 1. The number of nitrogens with zero attached hydrogens (tertiary/aromatic N) is 3. The standard InChI is InChI=1S/C10H11N3O/c1-8-9(7-11-14-2)13-6-4-3-5-10(13)12-8/h3-7H,1-2H3. The van der Waals surface area contributed by atoms with E-state index in [1.807, 2.05) is 35.7 Å². The third-order valence-electron chi connectivity index (χ3n) is 2.03. The lowest BCUT2D eigenvalue weighted by atomic mass is 10.4. The van der Waals surface area contributed by atoms with E-state index in [0.717, 1.165) is 17.0 Å². The zero-order valence-corrected chi connectivity index (χ0v) is 8.14. The first-order chi connectivity index (χ1) is 6.83. The first-order valence-electron chi connectivity index (χ1n) is 4.33. The molecule has 0 unspecified atom stereocenters. The third kappa shape index (κ3) is 1.35. The van der Waals surface area contributed by atoms with E-state index in [-0.39, 0.29) is 0 Å². The van der Waals surface area contributed by atoms with Gasteiger partial charge in [-0.25, -0.2) is 4.98 Å². The minimum Gasteiger partial charge on any atom is -0.399 e. The van der Waals surface area contributed by atoms with Crippen molar-refractivity contribution in [2.24, 2.45) is 5.16 Å². The lowest BCUT2D eigenvalue weighted by Crippen LogP contribution is -1.92. The molecular weight excluding hydrogens is 178 g/mol. The Balaban J connectivity index is 2.62. The molecule has 4 heteroatoms. The van der Waals surface area contributed by atoms with E-state index >= 15 is 0 Å². The molecule has 72 valence electrons. The molecule has 2 aromatic heterocycles. The first-order valence-corrected chi connectivity index (χ1v) is 4.33. The van der Waals surface area contributed by atoms with Crippen molar-refractivity contribution in [1.82, 2.24) is 9.38 Å². The van der Waals surface area contributed by atoms with Gasteiger partial charge in [0.25, 0.3) is 0 Å². The summed E-state index contributed by atoms with van der Waals surface area (Å²) in [6.07, 6.45) is 3.61. The van der Waals surface area contributed by atoms with Crippen LogP contribution in [0.5, 0.6) is 0 Å². The van der Waals surface area contributed by atoms with E-state index in [1.165, 1.54) is 7.11 Å². The van der Waals surface area contributed by atoms with Crippen LogP contribution in [0.2, 0.25) is 0 Å². The summed E-state index contributed by atoms with van der Waals surface area (Å²) >= 11 is 0. The lowest BCUT2D eigenvalue weighted by Gasteiger charge is -1.94. The highest BCUT2D eigenvalue weighted by Gasteiger charge is 2.04. The van der Waals surface area contributed by atoms with Crippen LogP contribution in [-0.2, 0) is 4.84 Å². The molecule has 0 fully saturated rings. The largest absolute Gasteiger partial charge is 0.399 e. The van der Waals surface area contributed by atoms with Gasteiger partial charge in [-0.05, 0) is 19.1 Å². The van der Waals surface area contributed by atoms with Crippen LogP contribution in [0, 0.1) is 6.92 Å². The number of hydrogen-bond acceptors (Lipinski definition) is 3. The molecule has 2 heterocycles. The Labute approximate surface area is 81.8 Å². The zero-order valence-electron chi connectivity index (χ0n) is 8.14. The van der Waals surface area contributed by atoms with Crippen molar-refractivity contribution in [3.05, 3.63) is 35.8 Å². The highest BCUT2D eigenvalue weighted by Crippen LogP contribution is 2.09. The van der Waals surface area contributed by atoms with Gasteiger partial charge >= 0.3 is 0 Å². The molecule has 0 aromatic carbocycles. The fourth-order valence-electron chi connectivity index (χ4n) is 1.39.